The number of nitrogens with zero attached hydrogens (tertiary/aromatic N) is 2. The van der Waals surface area contributed by atoms with Crippen LogP contribution in [-0.4, -0.2) is 87.6 Å². The number of benzene rings is 2. The van der Waals surface area contributed by atoms with Gasteiger partial charge in [-0.25, -0.2) is 26.8 Å². The van der Waals surface area contributed by atoms with Gasteiger partial charge in [0.15, 0.2) is 32.1 Å². The molecule has 0 spiro atoms. The standard InChI is InChI=1S/2C18H17N3O3S.2C8H14O4/c2*1-24-17-8-5-13(10-20-17)16-9-14(11-21-18(16)19)12-3-6-15(7-4-12)25(2,22)23;2*9-7(10)5-3-1-2-4-6-8(11)12/h2*3-11H,1-2H3,(H2,19,21);2*1-6H2,(H,9,10)(H,11,12). The van der Waals surface area contributed by atoms with Crippen LogP contribution in [0.15, 0.2) is 120 Å². The number of aromatic amines is 2. The Bertz CT molecular complexity index is 2750. The van der Waals surface area contributed by atoms with Crippen LogP contribution in [0, 0.1) is 0 Å². The molecule has 8 N–H and O–H groups in total. The number of methoxy groups -OCH3 is 2. The van der Waals surface area contributed by atoms with E-state index in [9.17, 15) is 46.2 Å². The second kappa shape index (κ2) is 30.1. The van der Waals surface area contributed by atoms with Crippen molar-refractivity contribution in [3.05, 3.63) is 110 Å². The van der Waals surface area contributed by atoms with Crippen molar-refractivity contribution >= 4 is 55.2 Å². The smallest absolute Gasteiger partial charge is 0.365 e. The zero-order chi connectivity index (χ0) is 54.8. The lowest BCUT2D eigenvalue weighted by Gasteiger charge is -2.08. The predicted octanol–water partition coefficient (Wildman–Crippen LogP) is 4.77. The molecule has 0 bridgehead atoms. The van der Waals surface area contributed by atoms with E-state index in [1.807, 2.05) is 36.4 Å². The molecule has 396 valence electrons. The number of H-pyrrole nitrogens is 2. The van der Waals surface area contributed by atoms with Gasteiger partial charge in [0.2, 0.25) is 0 Å². The first-order valence-corrected chi connectivity index (χ1v) is 26.9. The highest BCUT2D eigenvalue weighted by Crippen LogP contribution is 2.31. The molecule has 2 aromatic carbocycles. The summed E-state index contributed by atoms with van der Waals surface area (Å²) < 4.78 is 56.5. The monoisotopic (exact) mass is 1060 g/mol. The molecular formula is C52H62N6O14S2. The molecular weight excluding hydrogens is 997 g/mol. The number of hydrogen-bond acceptors (Lipinski definition) is 16. The quantitative estimate of drug-likeness (QED) is 0.0665. The Hall–Kier alpha value is -7.98. The van der Waals surface area contributed by atoms with Gasteiger partial charge in [0, 0.05) is 83.1 Å². The Morgan fingerprint density at radius 3 is 1.07 bits per heavy atom. The van der Waals surface area contributed by atoms with Crippen molar-refractivity contribution in [2.75, 3.05) is 38.2 Å². The predicted molar refractivity (Wildman–Crippen MR) is 272 cm³/mol. The Balaban J connectivity index is 0.000000277. The molecule has 0 saturated carbocycles. The summed E-state index contributed by atoms with van der Waals surface area (Å²) in [7, 11) is -3.26. The third-order valence-electron chi connectivity index (χ3n) is 10.7. The SMILES string of the molecule is COc1ccc(-c2cc(-c3ccc(S(C)(=O)=O)cc3)cnc2N)c[nH+]1.COc1ccc(-c2cc(-c3ccc(S(C)(=O)=O)cc3)cnc2N)c[nH+]1.O=C(O)CCCCCCC(=O)O.O=C([O-])CCCCCCC(=O)[O-]. The van der Waals surface area contributed by atoms with E-state index < -0.39 is 43.6 Å². The minimum atomic E-state index is -3.22. The topological polar surface area (TPSA) is 348 Å². The number of carbonyl (C=O) groups is 4. The zero-order valence-corrected chi connectivity index (χ0v) is 43.2. The number of aromatic nitrogens is 4. The lowest BCUT2D eigenvalue weighted by atomic mass is 10.0. The Labute approximate surface area is 430 Å². The van der Waals surface area contributed by atoms with Gasteiger partial charge >= 0.3 is 23.7 Å². The van der Waals surface area contributed by atoms with Crippen LogP contribution in [0.3, 0.4) is 0 Å². The molecule has 20 nitrogen and oxygen atoms in total. The number of rotatable bonds is 22. The number of carboxylic acid groups (broad SMARTS) is 4. The fourth-order valence-electron chi connectivity index (χ4n) is 6.73. The van der Waals surface area contributed by atoms with Crippen LogP contribution < -0.4 is 41.1 Å². The molecule has 74 heavy (non-hydrogen) atoms. The normalized spacial score (nSPS) is 10.8. The maximum Gasteiger partial charge on any atom is 0.365 e. The average Bonchev–Trinajstić information content (AvgIpc) is 3.36. The lowest BCUT2D eigenvalue weighted by Crippen LogP contribution is -2.22. The Kier molecular flexibility index (Phi) is 24.6. The first-order valence-electron chi connectivity index (χ1n) is 23.1. The van der Waals surface area contributed by atoms with Gasteiger partial charge in [-0.05, 0) is 98.2 Å². The molecule has 0 aliphatic rings. The highest BCUT2D eigenvalue weighted by molar-refractivity contribution is 7.91. The van der Waals surface area contributed by atoms with Gasteiger partial charge in [-0.1, -0.05) is 49.9 Å². The summed E-state index contributed by atoms with van der Waals surface area (Å²) >= 11 is 0. The highest BCUT2D eigenvalue weighted by atomic mass is 32.2. The molecule has 0 saturated heterocycles. The van der Waals surface area contributed by atoms with Crippen LogP contribution in [0.5, 0.6) is 11.8 Å². The maximum atomic E-state index is 11.6. The summed E-state index contributed by atoms with van der Waals surface area (Å²) in [6.45, 7) is 0. The summed E-state index contributed by atoms with van der Waals surface area (Å²) in [6.07, 6.45) is 15.3. The number of carbonyl (C=O) groups excluding carboxylic acids is 2. The van der Waals surface area contributed by atoms with Crippen molar-refractivity contribution in [2.45, 2.75) is 86.8 Å². The Morgan fingerprint density at radius 2 is 0.811 bits per heavy atom. The number of nitrogens with one attached hydrogen (secondary N) is 2. The molecule has 0 unspecified atom stereocenters. The third kappa shape index (κ3) is 21.8. The number of ether oxygens (including phenoxy) is 2. The van der Waals surface area contributed by atoms with Crippen LogP contribution in [0.1, 0.15) is 77.0 Å². The second-order valence-electron chi connectivity index (χ2n) is 16.6. The molecule has 0 atom stereocenters. The summed E-state index contributed by atoms with van der Waals surface area (Å²) in [5.41, 5.74) is 18.8. The molecule has 22 heteroatoms. The van der Waals surface area contributed by atoms with Gasteiger partial charge in [0.1, 0.15) is 11.6 Å². The van der Waals surface area contributed by atoms with E-state index >= 15 is 0 Å². The molecule has 0 radical (unpaired) electrons. The van der Waals surface area contributed by atoms with E-state index in [0.717, 1.165) is 70.2 Å². The molecule has 0 fully saturated rings. The molecule has 6 aromatic rings. The number of nitrogen functional groups attached to an aromatic ring is 2. The van der Waals surface area contributed by atoms with Crippen molar-refractivity contribution in [1.29, 1.82) is 0 Å². The summed E-state index contributed by atoms with van der Waals surface area (Å²) in [6, 6.07) is 24.6. The maximum absolute atomic E-state index is 11.6. The molecule has 4 heterocycles. The van der Waals surface area contributed by atoms with Crippen LogP contribution >= 0.6 is 0 Å². The molecule has 4 aromatic heterocycles. The minimum absolute atomic E-state index is 0.0608. The van der Waals surface area contributed by atoms with Crippen LogP contribution in [0.25, 0.3) is 44.5 Å². The van der Waals surface area contributed by atoms with Gasteiger partial charge in [-0.3, -0.25) is 9.59 Å². The largest absolute Gasteiger partial charge is 0.550 e. The molecule has 0 aliphatic heterocycles. The van der Waals surface area contributed by atoms with Crippen molar-refractivity contribution in [3.63, 3.8) is 0 Å². The van der Waals surface area contributed by atoms with Gasteiger partial charge < -0.3 is 51.0 Å². The van der Waals surface area contributed by atoms with Crippen molar-refractivity contribution in [1.82, 2.24) is 9.97 Å². The summed E-state index contributed by atoms with van der Waals surface area (Å²) in [4.78, 5) is 55.1. The zero-order valence-electron chi connectivity index (χ0n) is 41.5. The molecule has 0 aliphatic carbocycles. The number of sulfone groups is 2. The fourth-order valence-corrected chi connectivity index (χ4v) is 7.99. The van der Waals surface area contributed by atoms with Gasteiger partial charge in [0.25, 0.3) is 0 Å². The number of nitrogens with two attached hydrogens (primary N) is 2. The van der Waals surface area contributed by atoms with Gasteiger partial charge in [-0.15, -0.1) is 0 Å². The number of pyridine rings is 4. The minimum Gasteiger partial charge on any atom is -0.550 e. The van der Waals surface area contributed by atoms with E-state index in [2.05, 4.69) is 19.9 Å². The number of aliphatic carboxylic acids is 4. The van der Waals surface area contributed by atoms with E-state index in [-0.39, 0.29) is 35.5 Å². The van der Waals surface area contributed by atoms with E-state index in [1.165, 1.54) is 12.5 Å². The first-order chi connectivity index (χ1) is 35.0. The van der Waals surface area contributed by atoms with Crippen LogP contribution in [0.2, 0.25) is 0 Å². The van der Waals surface area contributed by atoms with Crippen LogP contribution in [0.4, 0.5) is 11.6 Å². The lowest BCUT2D eigenvalue weighted by molar-refractivity contribution is -0.392. The average molecular weight is 1060 g/mol. The van der Waals surface area contributed by atoms with Crippen molar-refractivity contribution in [2.24, 2.45) is 0 Å². The van der Waals surface area contributed by atoms with E-state index in [0.29, 0.717) is 49.1 Å². The first kappa shape index (κ1) is 60.3. The fraction of sp³-hybridized carbons (Fsp3) is 0.308. The number of anilines is 2. The van der Waals surface area contributed by atoms with Gasteiger partial charge in [-0.2, -0.15) is 9.97 Å². The highest BCUT2D eigenvalue weighted by Gasteiger charge is 2.14. The Morgan fingerprint density at radius 1 is 0.500 bits per heavy atom. The molecule has 0 amide bonds. The summed E-state index contributed by atoms with van der Waals surface area (Å²) in [5, 5.41) is 36.4. The van der Waals surface area contributed by atoms with E-state index in [4.69, 9.17) is 31.2 Å². The molecule has 6 rings (SSSR count). The van der Waals surface area contributed by atoms with E-state index in [1.54, 1.807) is 87.5 Å². The van der Waals surface area contributed by atoms with Gasteiger partial charge in [0.05, 0.1) is 36.1 Å². The summed E-state index contributed by atoms with van der Waals surface area (Å²) in [5.74, 6) is -1.55. The number of unbranched alkanes of at least 4 members (excludes halogenated alkanes) is 6. The third-order valence-corrected chi connectivity index (χ3v) is 13.0. The second-order valence-corrected chi connectivity index (χ2v) is 20.6. The van der Waals surface area contributed by atoms with Crippen molar-refractivity contribution in [3.8, 4) is 56.3 Å². The number of hydrogen-bond donors (Lipinski definition) is 4. The number of carboxylic acids is 4. The van der Waals surface area contributed by atoms with Crippen molar-refractivity contribution < 1.29 is 75.9 Å². The van der Waals surface area contributed by atoms with Crippen LogP contribution in [-0.2, 0) is 38.9 Å².